The van der Waals surface area contributed by atoms with Gasteiger partial charge in [0.15, 0.2) is 0 Å². The van der Waals surface area contributed by atoms with Crippen molar-refractivity contribution in [2.45, 2.75) is 40.3 Å². The predicted molar refractivity (Wildman–Crippen MR) is 117 cm³/mol. The third-order valence-corrected chi connectivity index (χ3v) is 5.14. The van der Waals surface area contributed by atoms with E-state index in [1.165, 1.54) is 0 Å². The van der Waals surface area contributed by atoms with Gasteiger partial charge in [0.2, 0.25) is 5.95 Å². The molecule has 2 aromatic heterocycles. The first-order valence-electron chi connectivity index (χ1n) is 10.2. The van der Waals surface area contributed by atoms with Crippen molar-refractivity contribution in [3.8, 4) is 0 Å². The van der Waals surface area contributed by atoms with Crippen molar-refractivity contribution in [1.82, 2.24) is 24.6 Å². The fourth-order valence-corrected chi connectivity index (χ4v) is 3.34. The maximum atomic E-state index is 12.9. The Labute approximate surface area is 175 Å². The molecule has 0 spiro atoms. The van der Waals surface area contributed by atoms with Crippen LogP contribution in [0.2, 0.25) is 0 Å². The Kier molecular flexibility index (Phi) is 6.51. The molecule has 3 aromatic rings. The molecule has 0 fully saturated rings. The summed E-state index contributed by atoms with van der Waals surface area (Å²) in [5.74, 6) is 0.318. The molecule has 0 bridgehead atoms. The Morgan fingerprint density at radius 1 is 1.23 bits per heavy atom. The molecule has 3 rings (SSSR count). The quantitative estimate of drug-likeness (QED) is 0.525. The molecule has 0 saturated carbocycles. The van der Waals surface area contributed by atoms with Crippen molar-refractivity contribution >= 4 is 28.8 Å². The minimum atomic E-state index is -0.271. The van der Waals surface area contributed by atoms with Crippen LogP contribution in [0.25, 0.3) is 11.0 Å². The van der Waals surface area contributed by atoms with Crippen LogP contribution in [0, 0.1) is 12.8 Å². The number of nitrogens with one attached hydrogen (secondary N) is 2. The molecule has 0 aliphatic heterocycles. The van der Waals surface area contributed by atoms with Crippen molar-refractivity contribution in [2.75, 3.05) is 18.9 Å². The molecular weight excluding hydrogens is 382 g/mol. The zero-order valence-electron chi connectivity index (χ0n) is 17.9. The first-order valence-corrected chi connectivity index (χ1v) is 10.2. The third-order valence-electron chi connectivity index (χ3n) is 5.14. The molecule has 2 heterocycles. The van der Waals surface area contributed by atoms with Crippen LogP contribution in [-0.4, -0.2) is 44.7 Å². The van der Waals surface area contributed by atoms with E-state index in [9.17, 15) is 9.59 Å². The lowest BCUT2D eigenvalue weighted by Crippen LogP contribution is -2.20. The van der Waals surface area contributed by atoms with E-state index in [0.29, 0.717) is 48.3 Å². The average molecular weight is 412 g/mol. The lowest BCUT2D eigenvalue weighted by molar-refractivity contribution is 0.0962. The van der Waals surface area contributed by atoms with Crippen LogP contribution in [-0.2, 0) is 13.1 Å². The number of fused-ring (bicyclic) bond motifs is 1. The summed E-state index contributed by atoms with van der Waals surface area (Å²) in [4.78, 5) is 29.6. The summed E-state index contributed by atoms with van der Waals surface area (Å²) in [7, 11) is 1.59. The highest BCUT2D eigenvalue weighted by Crippen LogP contribution is 2.23. The monoisotopic (exact) mass is 411 g/mol. The average Bonchev–Trinajstić information content (AvgIpc) is 3.30. The number of imidazole rings is 1. The molecule has 160 valence electrons. The molecule has 9 nitrogen and oxygen atoms in total. The lowest BCUT2D eigenvalue weighted by Gasteiger charge is -2.13. The summed E-state index contributed by atoms with van der Waals surface area (Å²) in [5.41, 5.74) is 9.05. The number of hydrogen-bond donors (Lipinski definition) is 3. The van der Waals surface area contributed by atoms with Crippen molar-refractivity contribution in [3.63, 3.8) is 0 Å². The minimum Gasteiger partial charge on any atom is -0.355 e. The molecule has 1 atom stereocenters. The zero-order valence-corrected chi connectivity index (χ0v) is 17.9. The smallest absolute Gasteiger partial charge is 0.276 e. The van der Waals surface area contributed by atoms with E-state index in [0.717, 1.165) is 17.6 Å². The van der Waals surface area contributed by atoms with Crippen LogP contribution in [0.5, 0.6) is 0 Å². The number of rotatable bonds is 8. The maximum absolute atomic E-state index is 12.9. The standard InChI is InChI=1S/C21H29N7O2/c1-5-28-18(10-14(3)26-28)20(30)25-21-24-16-11-15(19(29)23-4)6-7-17(16)27(21)9-8-13(2)12-22/h6-7,10-11,13H,5,8-9,12,22H2,1-4H3,(H,23,29)(H,24,25,30)/t13-/m0/s1. The number of carbonyl (C=O) groups excluding carboxylic acids is 2. The molecule has 4 N–H and O–H groups in total. The second-order valence-corrected chi connectivity index (χ2v) is 7.44. The van der Waals surface area contributed by atoms with E-state index in [-0.39, 0.29) is 11.8 Å². The van der Waals surface area contributed by atoms with Crippen molar-refractivity contribution < 1.29 is 9.59 Å². The van der Waals surface area contributed by atoms with Gasteiger partial charge in [-0.3, -0.25) is 19.6 Å². The van der Waals surface area contributed by atoms with Crippen LogP contribution >= 0.6 is 0 Å². The van der Waals surface area contributed by atoms with E-state index in [1.807, 2.05) is 24.5 Å². The van der Waals surface area contributed by atoms with Crippen LogP contribution in [0.4, 0.5) is 5.95 Å². The number of amides is 2. The van der Waals surface area contributed by atoms with Crippen LogP contribution < -0.4 is 16.4 Å². The second kappa shape index (κ2) is 9.08. The van der Waals surface area contributed by atoms with Gasteiger partial charge in [-0.1, -0.05) is 6.92 Å². The Morgan fingerprint density at radius 2 is 2.00 bits per heavy atom. The molecule has 2 amide bonds. The fourth-order valence-electron chi connectivity index (χ4n) is 3.34. The number of hydrogen-bond acceptors (Lipinski definition) is 5. The Bertz CT molecular complexity index is 1070. The number of carbonyl (C=O) groups is 2. The van der Waals surface area contributed by atoms with E-state index in [4.69, 9.17) is 5.73 Å². The van der Waals surface area contributed by atoms with Gasteiger partial charge in [-0.05, 0) is 57.0 Å². The van der Waals surface area contributed by atoms with Crippen LogP contribution in [0.1, 0.15) is 46.8 Å². The fraction of sp³-hybridized carbons (Fsp3) is 0.429. The van der Waals surface area contributed by atoms with Crippen molar-refractivity contribution in [1.29, 1.82) is 0 Å². The SMILES string of the molecule is CCn1nc(C)cc1C(=O)Nc1nc2cc(C(=O)NC)ccc2n1CC[C@H](C)CN. The topological polar surface area (TPSA) is 120 Å². The molecule has 0 saturated heterocycles. The molecule has 1 aromatic carbocycles. The number of nitrogens with zero attached hydrogens (tertiary/aromatic N) is 4. The summed E-state index contributed by atoms with van der Waals surface area (Å²) >= 11 is 0. The lowest BCUT2D eigenvalue weighted by atomic mass is 10.1. The van der Waals surface area contributed by atoms with Gasteiger partial charge in [0.1, 0.15) is 5.69 Å². The van der Waals surface area contributed by atoms with Gasteiger partial charge in [-0.25, -0.2) is 4.98 Å². The van der Waals surface area contributed by atoms with E-state index in [1.54, 1.807) is 29.9 Å². The second-order valence-electron chi connectivity index (χ2n) is 7.44. The summed E-state index contributed by atoms with van der Waals surface area (Å²) in [6.07, 6.45) is 0.841. The molecule has 0 aliphatic carbocycles. The third kappa shape index (κ3) is 4.35. The highest BCUT2D eigenvalue weighted by Gasteiger charge is 2.19. The largest absolute Gasteiger partial charge is 0.355 e. The number of aromatic nitrogens is 4. The molecular formula is C21H29N7O2. The van der Waals surface area contributed by atoms with E-state index in [2.05, 4.69) is 27.6 Å². The summed E-state index contributed by atoms with van der Waals surface area (Å²) in [5, 5.41) is 9.88. The van der Waals surface area contributed by atoms with Gasteiger partial charge in [0, 0.05) is 25.7 Å². The summed E-state index contributed by atoms with van der Waals surface area (Å²) in [6.45, 7) is 7.71. The van der Waals surface area contributed by atoms with E-state index >= 15 is 0 Å². The number of anilines is 1. The predicted octanol–water partition coefficient (Wildman–Crippen LogP) is 2.16. The van der Waals surface area contributed by atoms with Crippen LogP contribution in [0.3, 0.4) is 0 Å². The first-order chi connectivity index (χ1) is 14.4. The van der Waals surface area contributed by atoms with Crippen LogP contribution in [0.15, 0.2) is 24.3 Å². The van der Waals surface area contributed by atoms with Gasteiger partial charge >= 0.3 is 0 Å². The summed E-state index contributed by atoms with van der Waals surface area (Å²) in [6, 6.07) is 7.10. The van der Waals surface area contributed by atoms with Gasteiger partial charge < -0.3 is 15.6 Å². The van der Waals surface area contributed by atoms with Gasteiger partial charge in [-0.15, -0.1) is 0 Å². The number of nitrogens with two attached hydrogens (primary N) is 1. The van der Waals surface area contributed by atoms with Gasteiger partial charge in [0.25, 0.3) is 11.8 Å². The number of benzene rings is 1. The van der Waals surface area contributed by atoms with Gasteiger partial charge in [-0.2, -0.15) is 5.10 Å². The van der Waals surface area contributed by atoms with Crippen molar-refractivity contribution in [3.05, 3.63) is 41.2 Å². The Hall–Kier alpha value is -3.20. The highest BCUT2D eigenvalue weighted by atomic mass is 16.2. The molecule has 30 heavy (non-hydrogen) atoms. The zero-order chi connectivity index (χ0) is 21.8. The van der Waals surface area contributed by atoms with Crippen molar-refractivity contribution in [2.24, 2.45) is 11.7 Å². The number of aryl methyl sites for hydroxylation is 3. The Balaban J connectivity index is 1.99. The Morgan fingerprint density at radius 3 is 2.67 bits per heavy atom. The highest BCUT2D eigenvalue weighted by molar-refractivity contribution is 6.03. The molecule has 0 unspecified atom stereocenters. The minimum absolute atomic E-state index is 0.184. The van der Waals surface area contributed by atoms with E-state index < -0.39 is 0 Å². The molecule has 0 aliphatic rings. The normalized spacial score (nSPS) is 12.2. The van der Waals surface area contributed by atoms with Gasteiger partial charge in [0.05, 0.1) is 16.7 Å². The summed E-state index contributed by atoms with van der Waals surface area (Å²) < 4.78 is 3.63. The molecule has 0 radical (unpaired) electrons. The first kappa shape index (κ1) is 21.5. The molecule has 9 heteroatoms. The maximum Gasteiger partial charge on any atom is 0.276 e.